The maximum atomic E-state index is 4.03. The molecule has 1 aromatic heterocycles. The molecular weight excluding hydrogens is 128 g/mol. The smallest absolute Gasteiger partial charge is 0.0885 e. The minimum atomic E-state index is 0.916. The largest absolute Gasteiger partial charge is 0.311 e. The van der Waals surface area contributed by atoms with E-state index in [9.17, 15) is 0 Å². The first kappa shape index (κ1) is 5.85. The highest BCUT2D eigenvalue weighted by Gasteiger charge is 2.13. The van der Waals surface area contributed by atoms with Gasteiger partial charge in [0.1, 0.15) is 0 Å². The van der Waals surface area contributed by atoms with Crippen molar-refractivity contribution in [1.82, 2.24) is 20.3 Å². The zero-order chi connectivity index (χ0) is 6.97. The van der Waals surface area contributed by atoms with E-state index < -0.39 is 0 Å². The van der Waals surface area contributed by atoms with E-state index in [0.717, 1.165) is 25.2 Å². The number of aromatic nitrogens is 3. The Balaban J connectivity index is 2.45. The minimum absolute atomic E-state index is 0.916. The lowest BCUT2D eigenvalue weighted by Crippen LogP contribution is -2.24. The molecule has 0 aromatic carbocycles. The molecule has 4 nitrogen and oxygen atoms in total. The molecule has 0 amide bonds. The van der Waals surface area contributed by atoms with Gasteiger partial charge in [-0.3, -0.25) is 4.68 Å². The fraction of sp³-hybridized carbons (Fsp3) is 0.667. The Morgan fingerprint density at radius 1 is 1.60 bits per heavy atom. The van der Waals surface area contributed by atoms with Crippen molar-refractivity contribution in [3.63, 3.8) is 0 Å². The number of nitrogens with one attached hydrogen (secondary N) is 1. The van der Waals surface area contributed by atoms with Crippen LogP contribution in [0.4, 0.5) is 0 Å². The lowest BCUT2D eigenvalue weighted by molar-refractivity contribution is 0.593. The van der Waals surface area contributed by atoms with E-state index in [2.05, 4.69) is 15.6 Å². The van der Waals surface area contributed by atoms with Crippen LogP contribution in [0.1, 0.15) is 11.4 Å². The van der Waals surface area contributed by atoms with E-state index in [4.69, 9.17) is 0 Å². The summed E-state index contributed by atoms with van der Waals surface area (Å²) in [6.07, 6.45) is 1.02. The molecule has 1 aromatic rings. The van der Waals surface area contributed by atoms with Gasteiger partial charge >= 0.3 is 0 Å². The molecule has 0 fully saturated rings. The summed E-state index contributed by atoms with van der Waals surface area (Å²) in [5, 5.41) is 11.2. The van der Waals surface area contributed by atoms with Crippen LogP contribution in [-0.4, -0.2) is 21.5 Å². The maximum absolute atomic E-state index is 4.03. The lowest BCUT2D eigenvalue weighted by Gasteiger charge is -2.10. The van der Waals surface area contributed by atoms with Gasteiger partial charge in [0.2, 0.25) is 0 Å². The zero-order valence-corrected chi connectivity index (χ0v) is 5.96. The van der Waals surface area contributed by atoms with E-state index in [0.29, 0.717) is 0 Å². The van der Waals surface area contributed by atoms with Crippen LogP contribution in [0.25, 0.3) is 0 Å². The minimum Gasteiger partial charge on any atom is -0.311 e. The standard InChI is InChI=1S/C6H10N4/c1-10-6-4-7-3-2-5(6)8-9-10/h7H,2-4H2,1H3. The Labute approximate surface area is 59.2 Å². The molecular formula is C6H10N4. The van der Waals surface area contributed by atoms with Crippen molar-refractivity contribution >= 4 is 0 Å². The lowest BCUT2D eigenvalue weighted by atomic mass is 10.2. The number of hydrogen-bond acceptors (Lipinski definition) is 3. The third-order valence-corrected chi connectivity index (χ3v) is 1.85. The van der Waals surface area contributed by atoms with Crippen molar-refractivity contribution in [2.24, 2.45) is 7.05 Å². The Morgan fingerprint density at radius 3 is 3.30 bits per heavy atom. The van der Waals surface area contributed by atoms with Gasteiger partial charge < -0.3 is 5.32 Å². The predicted octanol–water partition coefficient (Wildman–Crippen LogP) is -0.539. The molecule has 0 bridgehead atoms. The highest BCUT2D eigenvalue weighted by atomic mass is 15.4. The molecule has 0 spiro atoms. The SMILES string of the molecule is Cn1nnc2c1CNCC2. The monoisotopic (exact) mass is 138 g/mol. The molecule has 0 saturated carbocycles. The van der Waals surface area contributed by atoms with E-state index in [-0.39, 0.29) is 0 Å². The van der Waals surface area contributed by atoms with Gasteiger partial charge in [0.05, 0.1) is 11.4 Å². The van der Waals surface area contributed by atoms with Crippen molar-refractivity contribution < 1.29 is 0 Å². The molecule has 54 valence electrons. The highest BCUT2D eigenvalue weighted by Crippen LogP contribution is 2.07. The number of rotatable bonds is 0. The second-order valence-corrected chi connectivity index (χ2v) is 2.53. The van der Waals surface area contributed by atoms with Gasteiger partial charge in [-0.25, -0.2) is 0 Å². The molecule has 0 radical (unpaired) electrons. The second kappa shape index (κ2) is 2.05. The van der Waals surface area contributed by atoms with Crippen molar-refractivity contribution in [2.75, 3.05) is 6.54 Å². The summed E-state index contributed by atoms with van der Waals surface area (Å²) in [7, 11) is 1.93. The van der Waals surface area contributed by atoms with Crippen LogP contribution in [0, 0.1) is 0 Å². The second-order valence-electron chi connectivity index (χ2n) is 2.53. The Kier molecular flexibility index (Phi) is 1.20. The van der Waals surface area contributed by atoms with Crippen LogP contribution in [0.2, 0.25) is 0 Å². The Morgan fingerprint density at radius 2 is 2.50 bits per heavy atom. The molecule has 0 atom stereocenters. The normalized spacial score (nSPS) is 16.9. The predicted molar refractivity (Wildman–Crippen MR) is 36.4 cm³/mol. The Bertz CT molecular complexity index is 240. The Hall–Kier alpha value is -0.900. The molecule has 4 heteroatoms. The van der Waals surface area contributed by atoms with E-state index in [1.807, 2.05) is 11.7 Å². The van der Waals surface area contributed by atoms with Crippen LogP contribution >= 0.6 is 0 Å². The van der Waals surface area contributed by atoms with Crippen LogP contribution in [-0.2, 0) is 20.0 Å². The number of aryl methyl sites for hydroxylation is 1. The molecule has 2 heterocycles. The quantitative estimate of drug-likeness (QED) is 0.523. The fourth-order valence-corrected chi connectivity index (χ4v) is 1.24. The van der Waals surface area contributed by atoms with Gasteiger partial charge in [-0.05, 0) is 0 Å². The van der Waals surface area contributed by atoms with Gasteiger partial charge in [0.25, 0.3) is 0 Å². The van der Waals surface area contributed by atoms with Crippen LogP contribution in [0.5, 0.6) is 0 Å². The topological polar surface area (TPSA) is 42.7 Å². The molecule has 10 heavy (non-hydrogen) atoms. The van der Waals surface area contributed by atoms with Gasteiger partial charge in [-0.15, -0.1) is 5.10 Å². The maximum Gasteiger partial charge on any atom is 0.0885 e. The van der Waals surface area contributed by atoms with Gasteiger partial charge in [0, 0.05) is 26.6 Å². The summed E-state index contributed by atoms with van der Waals surface area (Å²) in [5.74, 6) is 0. The molecule has 0 saturated heterocycles. The van der Waals surface area contributed by atoms with Gasteiger partial charge in [-0.2, -0.15) is 0 Å². The van der Waals surface area contributed by atoms with Gasteiger partial charge in [-0.1, -0.05) is 5.21 Å². The van der Waals surface area contributed by atoms with Crippen molar-refractivity contribution in [2.45, 2.75) is 13.0 Å². The molecule has 0 unspecified atom stereocenters. The van der Waals surface area contributed by atoms with Crippen LogP contribution in [0.15, 0.2) is 0 Å². The number of nitrogens with zero attached hydrogens (tertiary/aromatic N) is 3. The average Bonchev–Trinajstić information content (AvgIpc) is 2.34. The van der Waals surface area contributed by atoms with Crippen LogP contribution in [0.3, 0.4) is 0 Å². The van der Waals surface area contributed by atoms with E-state index >= 15 is 0 Å². The molecule has 1 N–H and O–H groups in total. The first-order valence-corrected chi connectivity index (χ1v) is 3.46. The first-order valence-electron chi connectivity index (χ1n) is 3.46. The first-order chi connectivity index (χ1) is 4.88. The summed E-state index contributed by atoms with van der Waals surface area (Å²) >= 11 is 0. The van der Waals surface area contributed by atoms with E-state index in [1.54, 1.807) is 0 Å². The summed E-state index contributed by atoms with van der Waals surface area (Å²) in [6.45, 7) is 1.95. The third-order valence-electron chi connectivity index (χ3n) is 1.85. The average molecular weight is 138 g/mol. The van der Waals surface area contributed by atoms with Gasteiger partial charge in [0.15, 0.2) is 0 Å². The summed E-state index contributed by atoms with van der Waals surface area (Å²) in [5.41, 5.74) is 2.38. The number of fused-ring (bicyclic) bond motifs is 1. The van der Waals surface area contributed by atoms with Crippen LogP contribution < -0.4 is 5.32 Å². The molecule has 0 aliphatic carbocycles. The fourth-order valence-electron chi connectivity index (χ4n) is 1.24. The van der Waals surface area contributed by atoms with Crippen molar-refractivity contribution in [1.29, 1.82) is 0 Å². The summed E-state index contributed by atoms with van der Waals surface area (Å²) in [6, 6.07) is 0. The highest BCUT2D eigenvalue weighted by molar-refractivity contribution is 5.12. The zero-order valence-electron chi connectivity index (χ0n) is 5.96. The third kappa shape index (κ3) is 0.724. The molecule has 1 aliphatic heterocycles. The van der Waals surface area contributed by atoms with Crippen molar-refractivity contribution in [3.8, 4) is 0 Å². The van der Waals surface area contributed by atoms with E-state index in [1.165, 1.54) is 5.69 Å². The molecule has 2 rings (SSSR count). The molecule has 1 aliphatic rings. The summed E-state index contributed by atoms with van der Waals surface area (Å²) < 4.78 is 1.83. The number of hydrogen-bond donors (Lipinski definition) is 1. The summed E-state index contributed by atoms with van der Waals surface area (Å²) in [4.78, 5) is 0. The van der Waals surface area contributed by atoms with Crippen molar-refractivity contribution in [3.05, 3.63) is 11.4 Å².